The minimum Gasteiger partial charge on any atom is -0.394 e. The second kappa shape index (κ2) is 5.10. The highest BCUT2D eigenvalue weighted by Crippen LogP contribution is 2.27. The van der Waals surface area contributed by atoms with Crippen molar-refractivity contribution >= 4 is 0 Å². The van der Waals surface area contributed by atoms with Crippen LogP contribution in [0.15, 0.2) is 12.3 Å². The average Bonchev–Trinajstić information content (AvgIpc) is 2.64. The standard InChI is InChI=1S/C10H19N3O5/c1-12-6(11)2-3-13(10(12)17)9-8(16)7(15)5(4-14)18-9/h2-3,5-10,14-17H,4,11H2,1H3. The maximum Gasteiger partial charge on any atom is 0.189 e. The van der Waals surface area contributed by atoms with Crippen molar-refractivity contribution in [1.82, 2.24) is 9.80 Å². The molecule has 0 spiro atoms. The summed E-state index contributed by atoms with van der Waals surface area (Å²) in [6.45, 7) is -0.405. The Hall–Kier alpha value is -0.740. The number of hydrogen-bond donors (Lipinski definition) is 5. The molecule has 0 saturated carbocycles. The van der Waals surface area contributed by atoms with Crippen LogP contribution in [0.5, 0.6) is 0 Å². The summed E-state index contributed by atoms with van der Waals surface area (Å²) in [6.07, 6.45) is -2.59. The predicted molar refractivity (Wildman–Crippen MR) is 60.5 cm³/mol. The van der Waals surface area contributed by atoms with E-state index in [1.54, 1.807) is 13.1 Å². The summed E-state index contributed by atoms with van der Waals surface area (Å²) in [6, 6.07) is 0. The minimum atomic E-state index is -1.22. The summed E-state index contributed by atoms with van der Waals surface area (Å²) in [7, 11) is 1.62. The van der Waals surface area contributed by atoms with Crippen molar-refractivity contribution < 1.29 is 25.2 Å². The Labute approximate surface area is 104 Å². The number of likely N-dealkylation sites (N-methyl/N-ethyl adjacent to an activating group) is 1. The molecule has 6 unspecified atom stereocenters. The van der Waals surface area contributed by atoms with Crippen LogP contribution in [0.4, 0.5) is 0 Å². The van der Waals surface area contributed by atoms with E-state index < -0.39 is 43.7 Å². The van der Waals surface area contributed by atoms with Gasteiger partial charge in [0.1, 0.15) is 18.3 Å². The molecule has 2 aliphatic rings. The summed E-state index contributed by atoms with van der Waals surface area (Å²) >= 11 is 0. The smallest absolute Gasteiger partial charge is 0.189 e. The first kappa shape index (κ1) is 13.7. The van der Waals surface area contributed by atoms with E-state index >= 15 is 0 Å². The zero-order chi connectivity index (χ0) is 13.4. The first-order valence-corrected chi connectivity index (χ1v) is 5.71. The van der Waals surface area contributed by atoms with Crippen molar-refractivity contribution in [3.63, 3.8) is 0 Å². The number of nitrogens with zero attached hydrogens (tertiary/aromatic N) is 2. The summed E-state index contributed by atoms with van der Waals surface area (Å²) in [4.78, 5) is 2.81. The predicted octanol–water partition coefficient (Wildman–Crippen LogP) is -3.25. The largest absolute Gasteiger partial charge is 0.394 e. The van der Waals surface area contributed by atoms with Crippen molar-refractivity contribution in [3.05, 3.63) is 12.3 Å². The molecule has 0 bridgehead atoms. The molecule has 1 fully saturated rings. The van der Waals surface area contributed by atoms with Crippen molar-refractivity contribution in [2.45, 2.75) is 37.1 Å². The van der Waals surface area contributed by atoms with Gasteiger partial charge >= 0.3 is 0 Å². The SMILES string of the molecule is CN1C(N)C=CN(C2OC(CO)C(O)C2O)C1O. The quantitative estimate of drug-likeness (QED) is 0.351. The van der Waals surface area contributed by atoms with E-state index in [-0.39, 0.29) is 0 Å². The molecular weight excluding hydrogens is 242 g/mol. The van der Waals surface area contributed by atoms with Crippen LogP contribution in [0.3, 0.4) is 0 Å². The van der Waals surface area contributed by atoms with Crippen LogP contribution in [-0.4, -0.2) is 80.9 Å². The lowest BCUT2D eigenvalue weighted by Crippen LogP contribution is -2.59. The maximum atomic E-state index is 10.0. The lowest BCUT2D eigenvalue weighted by molar-refractivity contribution is -0.185. The van der Waals surface area contributed by atoms with Crippen molar-refractivity contribution in [2.75, 3.05) is 13.7 Å². The summed E-state index contributed by atoms with van der Waals surface area (Å²) in [5.74, 6) is 0. The molecule has 8 heteroatoms. The van der Waals surface area contributed by atoms with Gasteiger partial charge in [-0.25, -0.2) is 4.90 Å². The van der Waals surface area contributed by atoms with Gasteiger partial charge < -0.3 is 35.8 Å². The van der Waals surface area contributed by atoms with Crippen LogP contribution in [0.25, 0.3) is 0 Å². The molecule has 8 nitrogen and oxygen atoms in total. The van der Waals surface area contributed by atoms with Gasteiger partial charge in [-0.2, -0.15) is 0 Å². The Kier molecular flexibility index (Phi) is 3.87. The van der Waals surface area contributed by atoms with Crippen molar-refractivity contribution in [3.8, 4) is 0 Å². The highest BCUT2D eigenvalue weighted by atomic mass is 16.6. The number of nitrogens with two attached hydrogens (primary N) is 1. The minimum absolute atomic E-state index is 0.405. The van der Waals surface area contributed by atoms with E-state index in [0.717, 1.165) is 0 Å². The Balaban J connectivity index is 2.15. The van der Waals surface area contributed by atoms with Gasteiger partial charge in [0.15, 0.2) is 12.6 Å². The lowest BCUT2D eigenvalue weighted by atomic mass is 10.1. The van der Waals surface area contributed by atoms with Gasteiger partial charge in [-0.05, 0) is 13.1 Å². The second-order valence-corrected chi connectivity index (χ2v) is 4.52. The molecule has 6 atom stereocenters. The molecule has 0 aliphatic carbocycles. The Morgan fingerprint density at radius 3 is 2.50 bits per heavy atom. The van der Waals surface area contributed by atoms with Crippen LogP contribution in [0, 0.1) is 0 Å². The summed E-state index contributed by atoms with van der Waals surface area (Å²) < 4.78 is 5.33. The second-order valence-electron chi connectivity index (χ2n) is 4.52. The van der Waals surface area contributed by atoms with E-state index in [9.17, 15) is 15.3 Å². The lowest BCUT2D eigenvalue weighted by Gasteiger charge is -2.42. The van der Waals surface area contributed by atoms with Crippen LogP contribution >= 0.6 is 0 Å². The van der Waals surface area contributed by atoms with E-state index in [1.807, 2.05) is 0 Å². The van der Waals surface area contributed by atoms with Crippen LogP contribution < -0.4 is 5.73 Å². The molecule has 18 heavy (non-hydrogen) atoms. The fourth-order valence-electron chi connectivity index (χ4n) is 2.11. The van der Waals surface area contributed by atoms with E-state index in [4.69, 9.17) is 15.6 Å². The summed E-state index contributed by atoms with van der Waals surface area (Å²) in [5.41, 5.74) is 5.70. The van der Waals surface area contributed by atoms with Gasteiger partial charge in [0.25, 0.3) is 0 Å². The average molecular weight is 261 g/mol. The van der Waals surface area contributed by atoms with Crippen molar-refractivity contribution in [1.29, 1.82) is 0 Å². The molecule has 0 aromatic rings. The van der Waals surface area contributed by atoms with Gasteiger partial charge in [0, 0.05) is 6.20 Å². The molecule has 0 aromatic heterocycles. The molecular formula is C10H19N3O5. The van der Waals surface area contributed by atoms with Gasteiger partial charge in [-0.1, -0.05) is 0 Å². The normalized spacial score (nSPS) is 45.8. The molecule has 2 heterocycles. The molecule has 1 saturated heterocycles. The van der Waals surface area contributed by atoms with E-state index in [1.165, 1.54) is 16.0 Å². The van der Waals surface area contributed by atoms with Gasteiger partial charge in [0.05, 0.1) is 12.8 Å². The van der Waals surface area contributed by atoms with Crippen molar-refractivity contribution in [2.24, 2.45) is 5.73 Å². The maximum absolute atomic E-state index is 10.0. The zero-order valence-electron chi connectivity index (χ0n) is 9.99. The van der Waals surface area contributed by atoms with Gasteiger partial charge in [-0.3, -0.25) is 0 Å². The Morgan fingerprint density at radius 1 is 1.28 bits per heavy atom. The Morgan fingerprint density at radius 2 is 1.94 bits per heavy atom. The number of ether oxygens (including phenoxy) is 1. The molecule has 0 aromatic carbocycles. The number of aliphatic hydroxyl groups excluding tert-OH is 4. The van der Waals surface area contributed by atoms with Crippen LogP contribution in [0.1, 0.15) is 0 Å². The molecule has 0 amide bonds. The number of hydrogen-bond acceptors (Lipinski definition) is 8. The zero-order valence-corrected chi connectivity index (χ0v) is 9.99. The van der Waals surface area contributed by atoms with E-state index in [0.29, 0.717) is 0 Å². The number of aliphatic hydroxyl groups is 4. The number of rotatable bonds is 2. The first-order valence-electron chi connectivity index (χ1n) is 5.71. The Bertz CT molecular complexity index is 329. The fourth-order valence-corrected chi connectivity index (χ4v) is 2.11. The molecule has 0 radical (unpaired) electrons. The van der Waals surface area contributed by atoms with Gasteiger partial charge in [0.2, 0.25) is 0 Å². The molecule has 2 rings (SSSR count). The monoisotopic (exact) mass is 261 g/mol. The molecule has 6 N–H and O–H groups in total. The molecule has 2 aliphatic heterocycles. The highest BCUT2D eigenvalue weighted by molar-refractivity contribution is 5.01. The van der Waals surface area contributed by atoms with Gasteiger partial charge in [-0.15, -0.1) is 0 Å². The topological polar surface area (TPSA) is 123 Å². The van der Waals surface area contributed by atoms with E-state index in [2.05, 4.69) is 0 Å². The summed E-state index contributed by atoms with van der Waals surface area (Å²) in [5, 5.41) is 38.5. The third-order valence-corrected chi connectivity index (χ3v) is 3.37. The first-order chi connectivity index (χ1) is 8.47. The third kappa shape index (κ3) is 2.12. The van der Waals surface area contributed by atoms with Crippen LogP contribution in [0.2, 0.25) is 0 Å². The highest BCUT2D eigenvalue weighted by Gasteiger charge is 2.47. The third-order valence-electron chi connectivity index (χ3n) is 3.37. The molecule has 104 valence electrons. The fraction of sp³-hybridized carbons (Fsp3) is 0.800. The van der Waals surface area contributed by atoms with Crippen LogP contribution in [-0.2, 0) is 4.74 Å².